The number of rotatable bonds is 5. The van der Waals surface area contributed by atoms with Crippen molar-refractivity contribution in [2.45, 2.75) is 6.04 Å². The van der Waals surface area contributed by atoms with Gasteiger partial charge in [-0.15, -0.1) is 0 Å². The lowest BCUT2D eigenvalue weighted by atomic mass is 10.1. The molecule has 148 valence electrons. The van der Waals surface area contributed by atoms with Crippen molar-refractivity contribution in [3.8, 4) is 11.8 Å². The van der Waals surface area contributed by atoms with Crippen LogP contribution in [0.4, 0.5) is 14.9 Å². The molecular formula is C21H19FN4O3. The topological polar surface area (TPSA) is 76.9 Å². The van der Waals surface area contributed by atoms with Crippen molar-refractivity contribution in [1.29, 1.82) is 5.26 Å². The van der Waals surface area contributed by atoms with Gasteiger partial charge in [-0.25, -0.2) is 14.1 Å². The van der Waals surface area contributed by atoms with E-state index in [1.54, 1.807) is 41.3 Å². The van der Waals surface area contributed by atoms with Crippen LogP contribution in [0, 0.1) is 17.1 Å². The molecule has 1 atom stereocenters. The maximum atomic E-state index is 12.9. The van der Waals surface area contributed by atoms with Crippen molar-refractivity contribution in [3.63, 3.8) is 0 Å². The van der Waals surface area contributed by atoms with Gasteiger partial charge in [0.1, 0.15) is 24.2 Å². The van der Waals surface area contributed by atoms with E-state index in [4.69, 9.17) is 10.00 Å². The van der Waals surface area contributed by atoms with Crippen LogP contribution in [-0.2, 0) is 4.79 Å². The van der Waals surface area contributed by atoms with Gasteiger partial charge in [0, 0.05) is 26.2 Å². The van der Waals surface area contributed by atoms with Crippen LogP contribution < -0.4 is 9.64 Å². The summed E-state index contributed by atoms with van der Waals surface area (Å²) in [4.78, 5) is 30.5. The lowest BCUT2D eigenvalue weighted by Crippen LogP contribution is -2.53. The second-order valence-electron chi connectivity index (χ2n) is 6.93. The zero-order valence-electron chi connectivity index (χ0n) is 15.6. The molecule has 0 aromatic heterocycles. The molecule has 0 radical (unpaired) electrons. The minimum absolute atomic E-state index is 0.283. The third kappa shape index (κ3) is 3.77. The Morgan fingerprint density at radius 3 is 2.69 bits per heavy atom. The summed E-state index contributed by atoms with van der Waals surface area (Å²) in [7, 11) is 0. The van der Waals surface area contributed by atoms with Gasteiger partial charge in [-0.05, 0) is 42.5 Å². The number of fused-ring (bicyclic) bond motifs is 1. The summed E-state index contributed by atoms with van der Waals surface area (Å²) in [5, 5.41) is 9.07. The highest BCUT2D eigenvalue weighted by Crippen LogP contribution is 2.28. The Morgan fingerprint density at radius 1 is 1.14 bits per heavy atom. The van der Waals surface area contributed by atoms with E-state index in [2.05, 4.69) is 4.90 Å². The van der Waals surface area contributed by atoms with E-state index in [9.17, 15) is 14.0 Å². The molecule has 8 heteroatoms. The van der Waals surface area contributed by atoms with Gasteiger partial charge in [-0.2, -0.15) is 5.26 Å². The Balaban J connectivity index is 1.39. The number of benzene rings is 2. The van der Waals surface area contributed by atoms with E-state index in [1.807, 2.05) is 6.07 Å². The van der Waals surface area contributed by atoms with Gasteiger partial charge in [0.15, 0.2) is 0 Å². The number of nitriles is 1. The molecule has 4 rings (SSSR count). The van der Waals surface area contributed by atoms with Crippen LogP contribution in [0.15, 0.2) is 48.5 Å². The molecule has 2 saturated heterocycles. The molecule has 2 aromatic rings. The molecule has 0 spiro atoms. The minimum Gasteiger partial charge on any atom is -0.492 e. The lowest BCUT2D eigenvalue weighted by Gasteiger charge is -2.35. The number of halogens is 1. The van der Waals surface area contributed by atoms with Gasteiger partial charge in [0.25, 0.3) is 5.91 Å². The van der Waals surface area contributed by atoms with Gasteiger partial charge >= 0.3 is 6.03 Å². The second-order valence-corrected chi connectivity index (χ2v) is 6.93. The van der Waals surface area contributed by atoms with Crippen LogP contribution in [0.25, 0.3) is 0 Å². The Labute approximate surface area is 167 Å². The monoisotopic (exact) mass is 394 g/mol. The summed E-state index contributed by atoms with van der Waals surface area (Å²) in [6.45, 7) is 2.49. The van der Waals surface area contributed by atoms with Gasteiger partial charge in [0.05, 0.1) is 17.3 Å². The summed E-state index contributed by atoms with van der Waals surface area (Å²) >= 11 is 0. The fourth-order valence-corrected chi connectivity index (χ4v) is 3.63. The first kappa shape index (κ1) is 18.9. The third-order valence-electron chi connectivity index (χ3n) is 5.13. The van der Waals surface area contributed by atoms with E-state index in [0.29, 0.717) is 49.8 Å². The van der Waals surface area contributed by atoms with Crippen molar-refractivity contribution in [3.05, 3.63) is 59.9 Å². The normalized spacial score (nSPS) is 19.2. The van der Waals surface area contributed by atoms with Gasteiger partial charge in [0.2, 0.25) is 0 Å². The molecule has 2 fully saturated rings. The first-order valence-electron chi connectivity index (χ1n) is 9.32. The first-order valence-corrected chi connectivity index (χ1v) is 9.32. The second kappa shape index (κ2) is 7.89. The number of anilines is 1. The average Bonchev–Trinajstić information content (AvgIpc) is 2.99. The molecule has 2 aromatic carbocycles. The molecule has 0 saturated carbocycles. The average molecular weight is 394 g/mol. The molecule has 0 N–H and O–H groups in total. The number of ether oxygens (including phenoxy) is 1. The summed E-state index contributed by atoms with van der Waals surface area (Å²) in [5.74, 6) is -0.0160. The van der Waals surface area contributed by atoms with Gasteiger partial charge in [-0.1, -0.05) is 6.07 Å². The number of carbonyl (C=O) groups is 2. The molecule has 2 heterocycles. The smallest absolute Gasteiger partial charge is 0.332 e. The largest absolute Gasteiger partial charge is 0.492 e. The Morgan fingerprint density at radius 2 is 1.93 bits per heavy atom. The number of amides is 3. The zero-order valence-corrected chi connectivity index (χ0v) is 15.6. The summed E-state index contributed by atoms with van der Waals surface area (Å²) in [6.07, 6.45) is 0. The Kier molecular flexibility index (Phi) is 5.14. The third-order valence-corrected chi connectivity index (χ3v) is 5.13. The van der Waals surface area contributed by atoms with Crippen LogP contribution in [0.3, 0.4) is 0 Å². The number of hydrogen-bond acceptors (Lipinski definition) is 5. The number of imide groups is 1. The highest BCUT2D eigenvalue weighted by atomic mass is 19.1. The summed E-state index contributed by atoms with van der Waals surface area (Å²) < 4.78 is 18.6. The number of hydrogen-bond donors (Lipinski definition) is 0. The Bertz CT molecular complexity index is 973. The summed E-state index contributed by atoms with van der Waals surface area (Å²) in [6, 6.07) is 13.4. The molecule has 7 nitrogen and oxygen atoms in total. The number of piperazine rings is 1. The highest BCUT2D eigenvalue weighted by Gasteiger charge is 2.48. The molecule has 2 aliphatic heterocycles. The SMILES string of the molecule is N#Cc1cccc(N2C(=O)C3CN(CCOc4ccc(F)cc4)CCN3C2=O)c1. The minimum atomic E-state index is -0.548. The van der Waals surface area contributed by atoms with Crippen LogP contribution in [0.2, 0.25) is 0 Å². The standard InChI is InChI=1S/C21H19FN4O3/c22-16-4-6-18(7-5-16)29-11-10-24-8-9-25-19(14-24)20(27)26(21(25)28)17-3-1-2-15(12-17)13-23/h1-7,12,19H,8-11,14H2. The van der Waals surface area contributed by atoms with Crippen molar-refractivity contribution >= 4 is 17.6 Å². The van der Waals surface area contributed by atoms with Crippen molar-refractivity contribution in [2.24, 2.45) is 0 Å². The first-order chi connectivity index (χ1) is 14.1. The molecule has 0 aliphatic carbocycles. The highest BCUT2D eigenvalue weighted by molar-refractivity contribution is 6.21. The predicted molar refractivity (Wildman–Crippen MR) is 103 cm³/mol. The molecule has 3 amide bonds. The molecule has 2 aliphatic rings. The van der Waals surface area contributed by atoms with E-state index in [1.165, 1.54) is 12.1 Å². The quantitative estimate of drug-likeness (QED) is 0.727. The van der Waals surface area contributed by atoms with E-state index >= 15 is 0 Å². The molecule has 29 heavy (non-hydrogen) atoms. The van der Waals surface area contributed by atoms with Crippen molar-refractivity contribution in [1.82, 2.24) is 9.80 Å². The van der Waals surface area contributed by atoms with Crippen LogP contribution in [0.1, 0.15) is 5.56 Å². The van der Waals surface area contributed by atoms with E-state index in [0.717, 1.165) is 4.90 Å². The molecule has 1 unspecified atom stereocenters. The van der Waals surface area contributed by atoms with Crippen LogP contribution in [-0.4, -0.2) is 60.6 Å². The van der Waals surface area contributed by atoms with Crippen LogP contribution in [0.5, 0.6) is 5.75 Å². The van der Waals surface area contributed by atoms with Gasteiger partial charge in [-0.3, -0.25) is 9.69 Å². The number of carbonyl (C=O) groups excluding carboxylic acids is 2. The van der Waals surface area contributed by atoms with Crippen molar-refractivity contribution < 1.29 is 18.7 Å². The Hall–Kier alpha value is -3.44. The predicted octanol–water partition coefficient (Wildman–Crippen LogP) is 2.23. The van der Waals surface area contributed by atoms with E-state index < -0.39 is 6.04 Å². The van der Waals surface area contributed by atoms with Crippen LogP contribution >= 0.6 is 0 Å². The maximum Gasteiger partial charge on any atom is 0.332 e. The maximum absolute atomic E-state index is 12.9. The summed E-state index contributed by atoms with van der Waals surface area (Å²) in [5.41, 5.74) is 0.812. The number of urea groups is 1. The molecule has 0 bridgehead atoms. The lowest BCUT2D eigenvalue weighted by molar-refractivity contribution is -0.121. The number of nitrogens with zero attached hydrogens (tertiary/aromatic N) is 4. The molecular weight excluding hydrogens is 375 g/mol. The fourth-order valence-electron chi connectivity index (χ4n) is 3.63. The van der Waals surface area contributed by atoms with E-state index in [-0.39, 0.29) is 17.8 Å². The fraction of sp³-hybridized carbons (Fsp3) is 0.286. The zero-order chi connectivity index (χ0) is 20.4. The van der Waals surface area contributed by atoms with Crippen molar-refractivity contribution in [2.75, 3.05) is 37.7 Å². The van der Waals surface area contributed by atoms with Gasteiger partial charge < -0.3 is 9.64 Å².